The van der Waals surface area contributed by atoms with E-state index in [1.807, 2.05) is 7.11 Å². The van der Waals surface area contributed by atoms with Gasteiger partial charge < -0.3 is 4.74 Å². The van der Waals surface area contributed by atoms with Crippen molar-refractivity contribution in [1.82, 2.24) is 0 Å². The molecule has 2 saturated carbocycles. The molecule has 0 aliphatic heterocycles. The lowest BCUT2D eigenvalue weighted by Gasteiger charge is -2.37. The number of hydrogen-bond acceptors (Lipinski definition) is 1. The maximum Gasteiger partial charge on any atom is 0.0490 e. The third-order valence-electron chi connectivity index (χ3n) is 5.64. The predicted octanol–water partition coefficient (Wildman–Crippen LogP) is 5.60. The molecular weight excluding hydrogens is 244 g/mol. The van der Waals surface area contributed by atoms with Crippen molar-refractivity contribution in [3.05, 3.63) is 12.2 Å². The first-order valence-electron chi connectivity index (χ1n) is 8.99. The van der Waals surface area contributed by atoms with Crippen molar-refractivity contribution in [3.63, 3.8) is 0 Å². The van der Waals surface area contributed by atoms with Gasteiger partial charge in [-0.05, 0) is 81.5 Å². The molecule has 0 atom stereocenters. The summed E-state index contributed by atoms with van der Waals surface area (Å²) in [6.07, 6.45) is 19.1. The maximum atomic E-state index is 5.32. The van der Waals surface area contributed by atoms with Crippen LogP contribution in [-0.4, -0.2) is 13.7 Å². The van der Waals surface area contributed by atoms with E-state index in [0.29, 0.717) is 0 Å². The van der Waals surface area contributed by atoms with Gasteiger partial charge in [-0.3, -0.25) is 0 Å². The first-order chi connectivity index (χ1) is 9.83. The highest BCUT2D eigenvalue weighted by Gasteiger charge is 2.30. The third kappa shape index (κ3) is 4.91. The molecule has 2 fully saturated rings. The Morgan fingerprint density at radius 1 is 0.900 bits per heavy atom. The Balaban J connectivity index is 1.67. The van der Waals surface area contributed by atoms with Crippen LogP contribution in [0.4, 0.5) is 0 Å². The van der Waals surface area contributed by atoms with Crippen LogP contribution in [0.5, 0.6) is 0 Å². The van der Waals surface area contributed by atoms with Crippen LogP contribution in [0.1, 0.15) is 71.1 Å². The number of allylic oxidation sites excluding steroid dienone is 2. The summed E-state index contributed by atoms with van der Waals surface area (Å²) in [5.41, 5.74) is 0. The molecule has 0 N–H and O–H groups in total. The molecule has 0 spiro atoms. The molecular formula is C19H34O. The Morgan fingerprint density at radius 3 is 2.05 bits per heavy atom. The van der Waals surface area contributed by atoms with Crippen LogP contribution >= 0.6 is 0 Å². The zero-order chi connectivity index (χ0) is 14.2. The Morgan fingerprint density at radius 2 is 1.50 bits per heavy atom. The standard InChI is InChI=1S/C19H34O/c1-3-4-5-6-16-7-11-18(12-8-16)19-13-9-17(10-14-19)15-20-2/h5-6,16-19H,3-4,7-15H2,1-2H3/b6-5+. The van der Waals surface area contributed by atoms with Gasteiger partial charge >= 0.3 is 0 Å². The molecule has 0 bridgehead atoms. The van der Waals surface area contributed by atoms with Gasteiger partial charge in [0, 0.05) is 13.7 Å². The molecule has 0 aromatic heterocycles. The minimum absolute atomic E-state index is 0.851. The lowest BCUT2D eigenvalue weighted by Crippen LogP contribution is -2.26. The molecule has 0 radical (unpaired) electrons. The van der Waals surface area contributed by atoms with E-state index in [1.54, 1.807) is 0 Å². The van der Waals surface area contributed by atoms with Crippen molar-refractivity contribution in [3.8, 4) is 0 Å². The van der Waals surface area contributed by atoms with Crippen LogP contribution in [0.2, 0.25) is 0 Å². The Hall–Kier alpha value is -0.300. The summed E-state index contributed by atoms with van der Waals surface area (Å²) in [4.78, 5) is 0. The van der Waals surface area contributed by atoms with Crippen molar-refractivity contribution in [2.75, 3.05) is 13.7 Å². The lowest BCUT2D eigenvalue weighted by atomic mass is 9.69. The van der Waals surface area contributed by atoms with Crippen molar-refractivity contribution < 1.29 is 4.74 Å². The summed E-state index contributed by atoms with van der Waals surface area (Å²) in [7, 11) is 1.85. The summed E-state index contributed by atoms with van der Waals surface area (Å²) in [5, 5.41) is 0. The minimum atomic E-state index is 0.851. The summed E-state index contributed by atoms with van der Waals surface area (Å²) >= 11 is 0. The van der Waals surface area contributed by atoms with Gasteiger partial charge in [-0.2, -0.15) is 0 Å². The molecule has 0 saturated heterocycles. The number of methoxy groups -OCH3 is 1. The van der Waals surface area contributed by atoms with E-state index in [4.69, 9.17) is 4.74 Å². The SMILES string of the molecule is CCC/C=C/C1CCC(C2CCC(COC)CC2)CC1. The van der Waals surface area contributed by atoms with Crippen molar-refractivity contribution >= 4 is 0 Å². The van der Waals surface area contributed by atoms with Gasteiger partial charge in [0.25, 0.3) is 0 Å². The Labute approximate surface area is 126 Å². The Kier molecular flexibility index (Phi) is 7.13. The molecule has 2 rings (SSSR count). The van der Waals surface area contributed by atoms with Gasteiger partial charge in [0.2, 0.25) is 0 Å². The molecule has 0 unspecified atom stereocenters. The van der Waals surface area contributed by atoms with Gasteiger partial charge in [-0.15, -0.1) is 0 Å². The molecule has 0 aromatic rings. The van der Waals surface area contributed by atoms with Gasteiger partial charge in [-0.25, -0.2) is 0 Å². The predicted molar refractivity (Wildman–Crippen MR) is 86.8 cm³/mol. The second-order valence-electron chi connectivity index (χ2n) is 7.13. The van der Waals surface area contributed by atoms with E-state index in [2.05, 4.69) is 19.1 Å². The number of hydrogen-bond donors (Lipinski definition) is 0. The van der Waals surface area contributed by atoms with Crippen LogP contribution in [0, 0.1) is 23.7 Å². The van der Waals surface area contributed by atoms with Crippen molar-refractivity contribution in [2.24, 2.45) is 23.7 Å². The number of ether oxygens (including phenoxy) is 1. The molecule has 20 heavy (non-hydrogen) atoms. The normalized spacial score (nSPS) is 35.5. The van der Waals surface area contributed by atoms with Gasteiger partial charge in [0.1, 0.15) is 0 Å². The first-order valence-corrected chi connectivity index (χ1v) is 8.99. The van der Waals surface area contributed by atoms with Crippen molar-refractivity contribution in [1.29, 1.82) is 0 Å². The summed E-state index contributed by atoms with van der Waals surface area (Å²) < 4.78 is 5.32. The van der Waals surface area contributed by atoms with E-state index in [0.717, 1.165) is 30.3 Å². The highest BCUT2D eigenvalue weighted by atomic mass is 16.5. The van der Waals surface area contributed by atoms with Crippen LogP contribution in [0.3, 0.4) is 0 Å². The molecule has 0 amide bonds. The fraction of sp³-hybridized carbons (Fsp3) is 0.895. The second-order valence-corrected chi connectivity index (χ2v) is 7.13. The van der Waals surface area contributed by atoms with Crippen LogP contribution in [-0.2, 0) is 4.74 Å². The zero-order valence-electron chi connectivity index (χ0n) is 13.7. The summed E-state index contributed by atoms with van der Waals surface area (Å²) in [5.74, 6) is 3.81. The van der Waals surface area contributed by atoms with E-state index in [1.165, 1.54) is 64.2 Å². The Bertz CT molecular complexity index is 267. The van der Waals surface area contributed by atoms with E-state index < -0.39 is 0 Å². The van der Waals surface area contributed by atoms with Gasteiger partial charge in [0.05, 0.1) is 0 Å². The third-order valence-corrected chi connectivity index (χ3v) is 5.64. The van der Waals surface area contributed by atoms with E-state index in [9.17, 15) is 0 Å². The van der Waals surface area contributed by atoms with Gasteiger partial charge in [0.15, 0.2) is 0 Å². The first kappa shape index (κ1) is 16.1. The average Bonchev–Trinajstić information content (AvgIpc) is 2.49. The molecule has 1 nitrogen and oxygen atoms in total. The monoisotopic (exact) mass is 278 g/mol. The van der Waals surface area contributed by atoms with E-state index >= 15 is 0 Å². The summed E-state index contributed by atoms with van der Waals surface area (Å²) in [6.45, 7) is 3.25. The number of rotatable bonds is 6. The lowest BCUT2D eigenvalue weighted by molar-refractivity contribution is 0.0957. The average molecular weight is 278 g/mol. The fourth-order valence-corrected chi connectivity index (χ4v) is 4.33. The van der Waals surface area contributed by atoms with E-state index in [-0.39, 0.29) is 0 Å². The second kappa shape index (κ2) is 8.87. The quantitative estimate of drug-likeness (QED) is 0.574. The zero-order valence-corrected chi connectivity index (χ0v) is 13.7. The van der Waals surface area contributed by atoms with Gasteiger partial charge in [-0.1, -0.05) is 25.5 Å². The van der Waals surface area contributed by atoms with Crippen LogP contribution in [0.25, 0.3) is 0 Å². The number of unbranched alkanes of at least 4 members (excludes halogenated alkanes) is 1. The van der Waals surface area contributed by atoms with Crippen LogP contribution in [0.15, 0.2) is 12.2 Å². The molecule has 0 heterocycles. The highest BCUT2D eigenvalue weighted by Crippen LogP contribution is 2.41. The minimum Gasteiger partial charge on any atom is -0.384 e. The fourth-order valence-electron chi connectivity index (χ4n) is 4.33. The smallest absolute Gasteiger partial charge is 0.0490 e. The maximum absolute atomic E-state index is 5.32. The largest absolute Gasteiger partial charge is 0.384 e. The highest BCUT2D eigenvalue weighted by molar-refractivity contribution is 4.92. The molecule has 2 aliphatic carbocycles. The summed E-state index contributed by atoms with van der Waals surface area (Å²) in [6, 6.07) is 0. The van der Waals surface area contributed by atoms with Crippen molar-refractivity contribution in [2.45, 2.75) is 71.1 Å². The molecule has 116 valence electrons. The molecule has 2 aliphatic rings. The molecule has 0 aromatic carbocycles. The topological polar surface area (TPSA) is 9.23 Å². The van der Waals surface area contributed by atoms with Crippen LogP contribution < -0.4 is 0 Å². The molecule has 1 heteroatoms.